The van der Waals surface area contributed by atoms with E-state index in [0.717, 1.165) is 29.8 Å². The number of benzene rings is 3. The van der Waals surface area contributed by atoms with E-state index in [4.69, 9.17) is 5.73 Å². The zero-order valence-corrected chi connectivity index (χ0v) is 32.8. The van der Waals surface area contributed by atoms with Gasteiger partial charge in [-0.15, -0.1) is 16.9 Å². The number of hydrazone groups is 1. The van der Waals surface area contributed by atoms with Gasteiger partial charge in [-0.2, -0.15) is 5.43 Å². The highest BCUT2D eigenvalue weighted by Crippen LogP contribution is 2.23. The van der Waals surface area contributed by atoms with Crippen LogP contribution >= 0.6 is 11.8 Å². The lowest BCUT2D eigenvalue weighted by atomic mass is 10.1. The number of nitrogens with one attached hydrogen (secondary N) is 1. The molecule has 1 aliphatic heterocycles. The Hall–Kier alpha value is -4.54. The molecule has 5 aromatic rings. The van der Waals surface area contributed by atoms with Crippen LogP contribution in [0, 0.1) is 13.8 Å². The molecule has 3 aromatic carbocycles. The monoisotopic (exact) mass is 778 g/mol. The van der Waals surface area contributed by atoms with Crippen LogP contribution in [0.25, 0.3) is 16.9 Å². The van der Waals surface area contributed by atoms with E-state index in [1.807, 2.05) is 31.8 Å². The van der Waals surface area contributed by atoms with E-state index in [1.165, 1.54) is 77.5 Å². The van der Waals surface area contributed by atoms with Crippen molar-refractivity contribution in [2.45, 2.75) is 61.1 Å². The fourth-order valence-electron chi connectivity index (χ4n) is 5.26. The van der Waals surface area contributed by atoms with Gasteiger partial charge in [0.1, 0.15) is 32.6 Å². The second kappa shape index (κ2) is 19.0. The average Bonchev–Trinajstić information content (AvgIpc) is 3.78. The molecule has 0 unspecified atom stereocenters. The lowest BCUT2D eigenvalue weighted by Gasteiger charge is -2.05. The molecule has 0 saturated carbocycles. The Balaban J connectivity index is 0.000000232. The number of imidazole rings is 1. The second-order valence-corrected chi connectivity index (χ2v) is 16.4. The molecule has 12 nitrogen and oxygen atoms in total. The maximum absolute atomic E-state index is 10.4. The summed E-state index contributed by atoms with van der Waals surface area (Å²) in [6.07, 6.45) is 11.1. The summed E-state index contributed by atoms with van der Waals surface area (Å²) >= 11 is 1.93. The van der Waals surface area contributed by atoms with Gasteiger partial charge in [0, 0.05) is 16.5 Å². The molecular formula is C38H46N6O6S3. The van der Waals surface area contributed by atoms with Crippen molar-refractivity contribution in [1.29, 1.82) is 0 Å². The maximum atomic E-state index is 10.4. The van der Waals surface area contributed by atoms with Crippen LogP contribution in [0.5, 0.6) is 0 Å². The Morgan fingerprint density at radius 3 is 1.91 bits per heavy atom. The summed E-state index contributed by atoms with van der Waals surface area (Å²) < 4.78 is 68.9. The van der Waals surface area contributed by atoms with Crippen LogP contribution in [0.15, 0.2) is 117 Å². The molecule has 1 saturated heterocycles. The highest BCUT2D eigenvalue weighted by atomic mass is 32.2. The quantitative estimate of drug-likeness (QED) is 0.0389. The van der Waals surface area contributed by atoms with E-state index in [1.54, 1.807) is 24.3 Å². The van der Waals surface area contributed by atoms with E-state index in [0.29, 0.717) is 5.96 Å². The van der Waals surface area contributed by atoms with Gasteiger partial charge in [-0.25, -0.2) is 25.8 Å². The normalized spacial score (nSPS) is 13.0. The summed E-state index contributed by atoms with van der Waals surface area (Å²) in [7, 11) is -6.42. The van der Waals surface area contributed by atoms with E-state index in [9.17, 15) is 25.9 Å². The van der Waals surface area contributed by atoms with Crippen LogP contribution in [-0.4, -0.2) is 66.1 Å². The molecule has 0 aliphatic carbocycles. The Kier molecular flexibility index (Phi) is 14.8. The highest BCUT2D eigenvalue weighted by molar-refractivity contribution is 7.99. The molecule has 3 heterocycles. The summed E-state index contributed by atoms with van der Waals surface area (Å²) in [5.74, 6) is 1.80. The van der Waals surface area contributed by atoms with Gasteiger partial charge in [-0.05, 0) is 86.9 Å². The number of nitrogens with zero attached hydrogens (tertiary/aromatic N) is 4. The first-order chi connectivity index (χ1) is 25.2. The molecule has 0 atom stereocenters. The summed E-state index contributed by atoms with van der Waals surface area (Å²) in [5.41, 5.74) is 15.4. The highest BCUT2D eigenvalue weighted by Gasteiger charge is 2.17. The summed E-state index contributed by atoms with van der Waals surface area (Å²) in [6.45, 7) is 7.89. The van der Waals surface area contributed by atoms with Crippen molar-refractivity contribution in [3.05, 3.63) is 114 Å². The fourth-order valence-corrected chi connectivity index (χ4v) is 7.22. The van der Waals surface area contributed by atoms with Crippen LogP contribution in [0.4, 0.5) is 0 Å². The summed E-state index contributed by atoms with van der Waals surface area (Å²) in [4.78, 5) is 0.957. The van der Waals surface area contributed by atoms with E-state index >= 15 is 0 Å². The van der Waals surface area contributed by atoms with Crippen LogP contribution in [0.3, 0.4) is 0 Å². The van der Waals surface area contributed by atoms with Gasteiger partial charge >= 0.3 is 5.96 Å². The molecule has 1 aliphatic rings. The number of unbranched alkanes of at least 4 members (excludes halogenated alkanes) is 1. The topological polar surface area (TPSA) is 177 Å². The Bertz CT molecular complexity index is 2170. The summed E-state index contributed by atoms with van der Waals surface area (Å²) in [6, 6.07) is 24.4. The number of aryl methyl sites for hydroxylation is 3. The first-order valence-electron chi connectivity index (χ1n) is 17.1. The lowest BCUT2D eigenvalue weighted by molar-refractivity contribution is -0.512. The minimum atomic E-state index is -4.27. The minimum absolute atomic E-state index is 0.178. The number of pyridine rings is 1. The zero-order valence-electron chi connectivity index (χ0n) is 30.3. The van der Waals surface area contributed by atoms with Crippen molar-refractivity contribution in [2.75, 3.05) is 18.8 Å². The number of hydrogen-bond acceptors (Lipinski definition) is 8. The molecule has 1 fully saturated rings. The van der Waals surface area contributed by atoms with Crippen molar-refractivity contribution >= 4 is 49.8 Å². The van der Waals surface area contributed by atoms with Crippen molar-refractivity contribution in [1.82, 2.24) is 9.99 Å². The molecule has 53 heavy (non-hydrogen) atoms. The van der Waals surface area contributed by atoms with E-state index < -0.39 is 20.2 Å². The van der Waals surface area contributed by atoms with Crippen LogP contribution in [0.2, 0.25) is 0 Å². The molecule has 0 spiro atoms. The van der Waals surface area contributed by atoms with E-state index in [2.05, 4.69) is 86.8 Å². The predicted molar refractivity (Wildman–Crippen MR) is 207 cm³/mol. The van der Waals surface area contributed by atoms with Gasteiger partial charge < -0.3 is 9.11 Å². The minimum Gasteiger partial charge on any atom is -0.744 e. The molecular weight excluding hydrogens is 733 g/mol. The molecule has 282 valence electrons. The molecule has 3 N–H and O–H groups in total. The molecule has 0 amide bonds. The number of rotatable bonds is 9. The van der Waals surface area contributed by atoms with Gasteiger partial charge in [-0.1, -0.05) is 60.9 Å². The van der Waals surface area contributed by atoms with Crippen molar-refractivity contribution < 1.29 is 34.9 Å². The van der Waals surface area contributed by atoms with Crippen molar-refractivity contribution in [3.63, 3.8) is 0 Å². The molecule has 6 rings (SSSR count). The van der Waals surface area contributed by atoms with Gasteiger partial charge in [-0.3, -0.25) is 10.3 Å². The molecule has 0 radical (unpaired) electrons. The molecule has 0 bridgehead atoms. The smallest absolute Gasteiger partial charge is 0.367 e. The van der Waals surface area contributed by atoms with Crippen molar-refractivity contribution in [3.8, 4) is 11.3 Å². The first kappa shape index (κ1) is 41.2. The third kappa shape index (κ3) is 12.5. The van der Waals surface area contributed by atoms with Gasteiger partial charge in [0.2, 0.25) is 0 Å². The number of guanidine groups is 1. The maximum Gasteiger partial charge on any atom is 0.367 e. The zero-order chi connectivity index (χ0) is 38.6. The Morgan fingerprint density at radius 1 is 0.849 bits per heavy atom. The molecule has 15 heteroatoms. The third-order valence-corrected chi connectivity index (χ3v) is 11.1. The Labute approximate surface area is 316 Å². The second-order valence-electron chi connectivity index (χ2n) is 12.5. The number of thioether (sulfide) groups is 1. The summed E-state index contributed by atoms with van der Waals surface area (Å²) in [5, 5.41) is 4.29. The van der Waals surface area contributed by atoms with Crippen LogP contribution in [0.1, 0.15) is 49.3 Å². The largest absolute Gasteiger partial charge is 0.744 e. The standard InChI is InChI=1S/C24H31N6S.2C7H8O3S/c1-3-4-15-31-21-11-12-23-28(2)22(18-30(23)17-21)20-9-7-19(8-10-20)16-26-27-24(25)29-13-5-6-14-29;2*1-6-2-4-7(5-3-6)11(8,9)10/h7-12,16-18H,3-6,13-15H2,1-2H3,(H2,25,27);2*2-5H,1H3,(H,8,9,10)/q+1;;/p-1/b26-16+;;. The number of hydrogen-bond donors (Lipinski definition) is 2. The number of aromatic nitrogens is 2. The number of nitrogens with two attached hydrogens (primary N) is 1. The predicted octanol–water partition coefficient (Wildman–Crippen LogP) is 5.17. The lowest BCUT2D eigenvalue weighted by Crippen LogP contribution is -2.37. The van der Waals surface area contributed by atoms with Gasteiger partial charge in [0.25, 0.3) is 5.65 Å². The number of fused-ring (bicyclic) bond motifs is 1. The Morgan fingerprint density at radius 2 is 1.40 bits per heavy atom. The van der Waals surface area contributed by atoms with Crippen LogP contribution in [-0.2, 0) is 27.3 Å². The first-order valence-corrected chi connectivity index (χ1v) is 20.9. The molecule has 2 aromatic heterocycles. The van der Waals surface area contributed by atoms with E-state index in [-0.39, 0.29) is 9.79 Å². The van der Waals surface area contributed by atoms with Gasteiger partial charge in [0.05, 0.1) is 36.1 Å². The van der Waals surface area contributed by atoms with Crippen molar-refractivity contribution in [2.24, 2.45) is 17.9 Å². The fraction of sp³-hybridized carbons (Fsp3) is 0.289. The SMILES string of the molecule is CCCCSc1ccc2n(C)c(-c3ccc(/C=N/NC(N)=[N+]4CCCC4)cc3)c[n+]2c1.Cc1ccc(S(=O)(=O)[O-])cc1.Cc1ccc(S(=O)(=O)[O-])cc1. The van der Waals surface area contributed by atoms with Crippen LogP contribution < -0.4 is 15.6 Å². The third-order valence-electron chi connectivity index (χ3n) is 8.33. The average molecular weight is 779 g/mol. The van der Waals surface area contributed by atoms with Gasteiger partial charge in [0.15, 0.2) is 5.69 Å².